The molecule has 182 valence electrons. The Bertz CT molecular complexity index is 1480. The molecule has 3 aromatic rings. The summed E-state index contributed by atoms with van der Waals surface area (Å²) in [7, 11) is -7.89. The zero-order valence-corrected chi connectivity index (χ0v) is 22.2. The van der Waals surface area contributed by atoms with Crippen molar-refractivity contribution < 1.29 is 16.8 Å². The van der Waals surface area contributed by atoms with Gasteiger partial charge >= 0.3 is 0 Å². The number of hydrogen-bond acceptors (Lipinski definition) is 6. The Morgan fingerprint density at radius 2 is 1.79 bits per heavy atom. The van der Waals surface area contributed by atoms with Crippen LogP contribution in [-0.4, -0.2) is 33.5 Å². The summed E-state index contributed by atoms with van der Waals surface area (Å²) in [6.07, 6.45) is 1.74. The fourth-order valence-corrected chi connectivity index (χ4v) is 6.68. The normalized spacial score (nSPS) is 13.0. The number of sulfonamides is 2. The summed E-state index contributed by atoms with van der Waals surface area (Å²) in [6, 6.07) is 12.9. The Kier molecular flexibility index (Phi) is 8.58. The molecule has 0 unspecified atom stereocenters. The second kappa shape index (κ2) is 11.0. The molecule has 8 nitrogen and oxygen atoms in total. The molecule has 0 saturated carbocycles. The van der Waals surface area contributed by atoms with E-state index in [1.807, 2.05) is 6.07 Å². The van der Waals surface area contributed by atoms with E-state index in [1.54, 1.807) is 44.2 Å². The van der Waals surface area contributed by atoms with Gasteiger partial charge in [0.2, 0.25) is 4.80 Å². The van der Waals surface area contributed by atoms with Crippen LogP contribution in [0.5, 0.6) is 0 Å². The third-order valence-electron chi connectivity index (χ3n) is 4.61. The highest BCUT2D eigenvalue weighted by atomic mass is 35.5. The van der Waals surface area contributed by atoms with Crippen molar-refractivity contribution in [3.8, 4) is 0 Å². The highest BCUT2D eigenvalue weighted by Crippen LogP contribution is 2.20. The molecule has 0 radical (unpaired) electrons. The van der Waals surface area contributed by atoms with E-state index in [2.05, 4.69) is 14.3 Å². The van der Waals surface area contributed by atoms with E-state index < -0.39 is 20.0 Å². The molecule has 1 N–H and O–H groups in total. The van der Waals surface area contributed by atoms with E-state index in [0.717, 1.165) is 16.9 Å². The predicted molar refractivity (Wildman–Crippen MR) is 136 cm³/mol. The molecule has 0 spiro atoms. The van der Waals surface area contributed by atoms with Crippen LogP contribution in [0.25, 0.3) is 0 Å². The van der Waals surface area contributed by atoms with Crippen LogP contribution >= 0.6 is 34.5 Å². The third-order valence-corrected chi connectivity index (χ3v) is 9.18. The highest BCUT2D eigenvalue weighted by molar-refractivity contribution is 7.90. The number of hydrogen-bond donors (Lipinski definition) is 1. The van der Waals surface area contributed by atoms with Crippen molar-refractivity contribution in [1.82, 2.24) is 9.40 Å². The van der Waals surface area contributed by atoms with Gasteiger partial charge in [0.05, 0.1) is 20.9 Å². The average molecular weight is 562 g/mol. The summed E-state index contributed by atoms with van der Waals surface area (Å²) < 4.78 is 56.3. The van der Waals surface area contributed by atoms with Crippen LogP contribution in [0.15, 0.2) is 67.8 Å². The highest BCUT2D eigenvalue weighted by Gasteiger charge is 2.18. The topological polar surface area (TPSA) is 110 Å². The minimum atomic E-state index is -3.99. The van der Waals surface area contributed by atoms with Gasteiger partial charge < -0.3 is 4.57 Å². The van der Waals surface area contributed by atoms with Crippen LogP contribution in [0.3, 0.4) is 0 Å². The van der Waals surface area contributed by atoms with Crippen LogP contribution < -0.4 is 9.63 Å². The number of alkyl halides is 1. The van der Waals surface area contributed by atoms with Gasteiger partial charge in [0.15, 0.2) is 0 Å². The first-order chi connectivity index (χ1) is 16.0. The summed E-state index contributed by atoms with van der Waals surface area (Å²) >= 11 is 13.2. The maximum atomic E-state index is 12.7. The molecular formula is C21H22Cl2N4O4S3. The van der Waals surface area contributed by atoms with E-state index in [1.165, 1.54) is 22.9 Å². The Balaban J connectivity index is 1.97. The molecule has 0 fully saturated rings. The first-order valence-electron chi connectivity index (χ1n) is 9.98. The van der Waals surface area contributed by atoms with Gasteiger partial charge in [0.1, 0.15) is 5.15 Å². The zero-order valence-electron chi connectivity index (χ0n) is 18.3. The number of halogens is 2. The van der Waals surface area contributed by atoms with Crippen LogP contribution in [0.2, 0.25) is 5.15 Å². The van der Waals surface area contributed by atoms with Crippen molar-refractivity contribution in [3.63, 3.8) is 0 Å². The molecule has 0 aliphatic rings. The first kappa shape index (κ1) is 26.4. The van der Waals surface area contributed by atoms with E-state index in [-0.39, 0.29) is 19.7 Å². The summed E-state index contributed by atoms with van der Waals surface area (Å²) in [5.74, 6) is 0.336. The number of hydrazone groups is 1. The van der Waals surface area contributed by atoms with E-state index in [4.69, 9.17) is 23.2 Å². The van der Waals surface area contributed by atoms with Gasteiger partial charge in [-0.1, -0.05) is 53.3 Å². The summed E-state index contributed by atoms with van der Waals surface area (Å²) in [5, 5.41) is 4.02. The maximum Gasteiger partial charge on any atom is 0.285 e. The molecule has 0 bridgehead atoms. The predicted octanol–water partition coefficient (Wildman–Crippen LogP) is 4.05. The molecule has 0 aliphatic carbocycles. The quantitative estimate of drug-likeness (QED) is 0.242. The molecule has 1 heterocycles. The minimum Gasteiger partial charge on any atom is -0.306 e. The summed E-state index contributed by atoms with van der Waals surface area (Å²) in [5.41, 5.74) is 1.37. The number of aromatic nitrogens is 1. The van der Waals surface area contributed by atoms with E-state index in [0.29, 0.717) is 29.3 Å². The number of nitrogens with zero attached hydrogens (tertiary/aromatic N) is 3. The van der Waals surface area contributed by atoms with Gasteiger partial charge in [-0.05, 0) is 49.6 Å². The monoisotopic (exact) mass is 560 g/mol. The Morgan fingerprint density at radius 1 is 1.09 bits per heavy atom. The van der Waals surface area contributed by atoms with Gasteiger partial charge in [0.25, 0.3) is 20.0 Å². The molecule has 34 heavy (non-hydrogen) atoms. The lowest BCUT2D eigenvalue weighted by atomic mass is 10.2. The van der Waals surface area contributed by atoms with E-state index in [9.17, 15) is 16.8 Å². The number of rotatable bonds is 9. The van der Waals surface area contributed by atoms with Crippen molar-refractivity contribution in [3.05, 3.63) is 74.5 Å². The molecule has 3 rings (SSSR count). The van der Waals surface area contributed by atoms with Crippen LogP contribution in [-0.2, 0) is 26.6 Å². The maximum absolute atomic E-state index is 12.7. The van der Waals surface area contributed by atoms with Crippen molar-refractivity contribution >= 4 is 60.8 Å². The lowest BCUT2D eigenvalue weighted by Gasteiger charge is -2.07. The number of nitrogens with one attached hydrogen (secondary N) is 1. The number of benzene rings is 2. The zero-order chi connectivity index (χ0) is 24.9. The first-order valence-corrected chi connectivity index (χ1v) is 14.6. The van der Waals surface area contributed by atoms with Crippen molar-refractivity contribution in [2.45, 2.75) is 36.6 Å². The standard InChI is InChI=1S/C21H22Cl2N4O4S3/c1-15-9-10-16(2)19(13-15)34(30,31)26-24-14-18-20(23)27(12-6-11-22)21(32-18)25-33(28,29)17-7-4-3-5-8-17/h3-5,7-10,13-14,26H,6,11-12H2,1-2H3/b24-14-,25-21?. The van der Waals surface area contributed by atoms with Crippen LogP contribution in [0, 0.1) is 13.8 Å². The summed E-state index contributed by atoms with van der Waals surface area (Å²) in [4.78, 5) is 2.79. The second-order valence-corrected chi connectivity index (χ2v) is 12.2. The second-order valence-electron chi connectivity index (χ2n) is 7.24. The largest absolute Gasteiger partial charge is 0.306 e. The number of thiazole rings is 1. The lowest BCUT2D eigenvalue weighted by molar-refractivity contribution is 0.583. The van der Waals surface area contributed by atoms with Crippen molar-refractivity contribution in [2.75, 3.05) is 5.88 Å². The third kappa shape index (κ3) is 6.28. The van der Waals surface area contributed by atoms with Gasteiger partial charge in [-0.15, -0.1) is 16.0 Å². The van der Waals surface area contributed by atoms with Crippen molar-refractivity contribution in [2.24, 2.45) is 9.50 Å². The molecule has 0 amide bonds. The minimum absolute atomic E-state index is 0.0416. The smallest absolute Gasteiger partial charge is 0.285 e. The Labute approximate surface area is 212 Å². The van der Waals surface area contributed by atoms with Gasteiger partial charge in [-0.25, -0.2) is 4.83 Å². The van der Waals surface area contributed by atoms with Crippen LogP contribution in [0.1, 0.15) is 22.4 Å². The fourth-order valence-electron chi connectivity index (χ4n) is 2.92. The lowest BCUT2D eigenvalue weighted by Crippen LogP contribution is -2.19. The average Bonchev–Trinajstić information content (AvgIpc) is 3.07. The SMILES string of the molecule is Cc1ccc(C)c(S(=O)(=O)N/N=C\c2sc(=NS(=O)(=O)c3ccccc3)n(CCCCl)c2Cl)c1. The van der Waals surface area contributed by atoms with E-state index >= 15 is 0 Å². The Morgan fingerprint density at radius 3 is 2.47 bits per heavy atom. The van der Waals surface area contributed by atoms with Crippen molar-refractivity contribution in [1.29, 1.82) is 0 Å². The van der Waals surface area contributed by atoms with Crippen LogP contribution in [0.4, 0.5) is 0 Å². The molecule has 13 heteroatoms. The molecule has 0 aliphatic heterocycles. The van der Waals surface area contributed by atoms with Gasteiger partial charge in [-0.2, -0.15) is 21.9 Å². The Hall–Kier alpha value is -2.18. The molecule has 2 aromatic carbocycles. The molecule has 0 saturated heterocycles. The molecule has 0 atom stereocenters. The van der Waals surface area contributed by atoms with Gasteiger partial charge in [0, 0.05) is 12.4 Å². The van der Waals surface area contributed by atoms with Gasteiger partial charge in [-0.3, -0.25) is 0 Å². The fraction of sp³-hybridized carbons (Fsp3) is 0.238. The number of aryl methyl sites for hydroxylation is 2. The molecule has 1 aromatic heterocycles. The summed E-state index contributed by atoms with van der Waals surface area (Å²) in [6.45, 7) is 3.81. The molecular weight excluding hydrogens is 539 g/mol.